The molecular formula is C14H23NO4. The Morgan fingerprint density at radius 1 is 1.37 bits per heavy atom. The Hall–Kier alpha value is -1.07. The fraction of sp³-hybridized carbons (Fsp3) is 0.786. The van der Waals surface area contributed by atoms with Gasteiger partial charge in [0.2, 0.25) is 0 Å². The van der Waals surface area contributed by atoms with Crippen LogP contribution in [0.25, 0.3) is 0 Å². The zero-order valence-corrected chi connectivity index (χ0v) is 12.4. The fourth-order valence-corrected chi connectivity index (χ4v) is 2.15. The normalized spacial score (nSPS) is 28.4. The third-order valence-corrected chi connectivity index (χ3v) is 4.16. The summed E-state index contributed by atoms with van der Waals surface area (Å²) in [7, 11) is 1.42. The first-order chi connectivity index (χ1) is 8.75. The minimum Gasteiger partial charge on any atom is -0.469 e. The summed E-state index contributed by atoms with van der Waals surface area (Å²) in [6.45, 7) is 8.03. The second-order valence-corrected chi connectivity index (χ2v) is 6.20. The van der Waals surface area contributed by atoms with E-state index in [9.17, 15) is 4.79 Å². The molecule has 0 saturated carbocycles. The smallest absolute Gasteiger partial charge is 0.306 e. The van der Waals surface area contributed by atoms with Crippen molar-refractivity contribution in [3.8, 4) is 0 Å². The van der Waals surface area contributed by atoms with Gasteiger partial charge in [0.15, 0.2) is 0 Å². The maximum Gasteiger partial charge on any atom is 0.306 e. The maximum absolute atomic E-state index is 11.3. The summed E-state index contributed by atoms with van der Waals surface area (Å²) in [6.07, 6.45) is 4.25. The van der Waals surface area contributed by atoms with Crippen LogP contribution in [0.3, 0.4) is 0 Å². The number of ether oxygens (including phenoxy) is 1. The highest BCUT2D eigenvalue weighted by atomic mass is 17.0. The molecule has 1 aliphatic heterocycles. The van der Waals surface area contributed by atoms with E-state index in [4.69, 9.17) is 14.4 Å². The molecule has 0 N–H and O–H groups in total. The lowest BCUT2D eigenvalue weighted by molar-refractivity contribution is -0.303. The van der Waals surface area contributed by atoms with E-state index in [1.807, 2.05) is 27.7 Å². The molecule has 0 aromatic heterocycles. The predicted molar refractivity (Wildman–Crippen MR) is 69.6 cm³/mol. The lowest BCUT2D eigenvalue weighted by atomic mass is 9.90. The molecule has 2 rings (SSSR count). The summed E-state index contributed by atoms with van der Waals surface area (Å²) in [5.74, 6) is 0.0351. The summed E-state index contributed by atoms with van der Waals surface area (Å²) >= 11 is 0. The van der Waals surface area contributed by atoms with Gasteiger partial charge in [0, 0.05) is 0 Å². The van der Waals surface area contributed by atoms with Crippen LogP contribution in [0.2, 0.25) is 0 Å². The second-order valence-electron chi connectivity index (χ2n) is 6.20. The van der Waals surface area contributed by atoms with Crippen molar-refractivity contribution < 1.29 is 19.2 Å². The van der Waals surface area contributed by atoms with Crippen molar-refractivity contribution in [3.63, 3.8) is 0 Å². The number of carbonyl (C=O) groups is 1. The molecule has 1 atom stereocenters. The summed E-state index contributed by atoms with van der Waals surface area (Å²) in [5, 5.41) is 1.53. The van der Waals surface area contributed by atoms with E-state index in [-0.39, 0.29) is 23.1 Å². The molecule has 1 aliphatic carbocycles. The van der Waals surface area contributed by atoms with Gasteiger partial charge in [0.05, 0.1) is 19.2 Å². The molecule has 1 fully saturated rings. The Labute approximate surface area is 114 Å². The quantitative estimate of drug-likeness (QED) is 0.737. The van der Waals surface area contributed by atoms with Gasteiger partial charge in [-0.2, -0.15) is 0 Å². The zero-order chi connectivity index (χ0) is 14.3. The topological polar surface area (TPSA) is 48.0 Å². The van der Waals surface area contributed by atoms with Gasteiger partial charge in [-0.3, -0.25) is 4.79 Å². The lowest BCUT2D eigenvalue weighted by Gasteiger charge is -2.26. The molecule has 19 heavy (non-hydrogen) atoms. The predicted octanol–water partition coefficient (Wildman–Crippen LogP) is 2.58. The van der Waals surface area contributed by atoms with Crippen LogP contribution in [-0.2, 0) is 19.2 Å². The van der Waals surface area contributed by atoms with Gasteiger partial charge in [0.1, 0.15) is 11.2 Å². The Bertz CT molecular complexity index is 384. The van der Waals surface area contributed by atoms with E-state index < -0.39 is 0 Å². The molecule has 0 bridgehead atoms. The van der Waals surface area contributed by atoms with E-state index in [1.165, 1.54) is 12.3 Å². The van der Waals surface area contributed by atoms with Crippen LogP contribution in [0, 0.1) is 5.92 Å². The van der Waals surface area contributed by atoms with Crippen LogP contribution < -0.4 is 0 Å². The summed E-state index contributed by atoms with van der Waals surface area (Å²) < 4.78 is 4.69. The fourth-order valence-electron chi connectivity index (χ4n) is 2.15. The van der Waals surface area contributed by atoms with Crippen LogP contribution in [0.15, 0.2) is 11.8 Å². The van der Waals surface area contributed by atoms with Crippen LogP contribution in [0.4, 0.5) is 0 Å². The highest BCUT2D eigenvalue weighted by molar-refractivity contribution is 5.69. The van der Waals surface area contributed by atoms with Gasteiger partial charge in [0.25, 0.3) is 0 Å². The standard InChI is InChI=1S/C14H23NO4/c1-13(2)14(3,4)19-15(18-13)11-7-6-10(8-11)9-12(16)17-5/h8,10H,6-7,9H2,1-5H3. The summed E-state index contributed by atoms with van der Waals surface area (Å²) in [5.41, 5.74) is 0.232. The van der Waals surface area contributed by atoms with E-state index in [0.717, 1.165) is 18.5 Å². The number of hydroxylamine groups is 2. The molecule has 1 saturated heterocycles. The van der Waals surface area contributed by atoms with E-state index in [2.05, 4.69) is 6.08 Å². The average molecular weight is 269 g/mol. The first-order valence-corrected chi connectivity index (χ1v) is 6.71. The SMILES string of the molecule is COC(=O)CC1C=C(N2OC(C)(C)C(C)(C)O2)CC1. The highest BCUT2D eigenvalue weighted by Gasteiger charge is 2.50. The van der Waals surface area contributed by atoms with Crippen LogP contribution in [0.5, 0.6) is 0 Å². The third kappa shape index (κ3) is 2.77. The van der Waals surface area contributed by atoms with E-state index in [1.54, 1.807) is 0 Å². The van der Waals surface area contributed by atoms with Gasteiger partial charge >= 0.3 is 5.97 Å². The van der Waals surface area contributed by atoms with Gasteiger partial charge in [-0.25, -0.2) is 9.68 Å². The number of methoxy groups -OCH3 is 1. The number of hydrogen-bond donors (Lipinski definition) is 0. The van der Waals surface area contributed by atoms with E-state index >= 15 is 0 Å². The molecular weight excluding hydrogens is 246 g/mol. The van der Waals surface area contributed by atoms with Crippen molar-refractivity contribution in [1.82, 2.24) is 5.23 Å². The minimum atomic E-state index is -0.381. The molecule has 5 nitrogen and oxygen atoms in total. The van der Waals surface area contributed by atoms with Crippen molar-refractivity contribution in [2.45, 2.75) is 58.2 Å². The first kappa shape index (κ1) is 14.3. The molecule has 2 aliphatic rings. The largest absolute Gasteiger partial charge is 0.469 e. The summed E-state index contributed by atoms with van der Waals surface area (Å²) in [4.78, 5) is 23.0. The minimum absolute atomic E-state index is 0.175. The number of hydrogen-bond acceptors (Lipinski definition) is 5. The molecule has 0 spiro atoms. The molecule has 0 aromatic rings. The Kier molecular flexibility index (Phi) is 3.62. The molecule has 0 aromatic carbocycles. The molecule has 0 amide bonds. The molecule has 1 heterocycles. The lowest BCUT2D eigenvalue weighted by Crippen LogP contribution is -2.41. The van der Waals surface area contributed by atoms with Crippen molar-refractivity contribution in [2.24, 2.45) is 5.92 Å². The number of carbonyl (C=O) groups excluding carboxylic acids is 1. The van der Waals surface area contributed by atoms with Gasteiger partial charge in [-0.15, -0.1) is 5.23 Å². The van der Waals surface area contributed by atoms with Crippen molar-refractivity contribution in [2.75, 3.05) is 7.11 Å². The van der Waals surface area contributed by atoms with Crippen LogP contribution in [0.1, 0.15) is 47.0 Å². The number of rotatable bonds is 3. The molecule has 108 valence electrons. The number of allylic oxidation sites excluding steroid dienone is 2. The third-order valence-electron chi connectivity index (χ3n) is 4.16. The van der Waals surface area contributed by atoms with Gasteiger partial charge in [-0.1, -0.05) is 6.08 Å². The summed E-state index contributed by atoms with van der Waals surface area (Å²) in [6, 6.07) is 0. The van der Waals surface area contributed by atoms with Gasteiger partial charge < -0.3 is 4.74 Å². The van der Waals surface area contributed by atoms with Crippen molar-refractivity contribution in [1.29, 1.82) is 0 Å². The second kappa shape index (κ2) is 4.80. The van der Waals surface area contributed by atoms with Gasteiger partial charge in [-0.05, 0) is 46.5 Å². The Balaban J connectivity index is 2.01. The van der Waals surface area contributed by atoms with Crippen molar-refractivity contribution in [3.05, 3.63) is 11.8 Å². The Morgan fingerprint density at radius 2 is 1.95 bits per heavy atom. The highest BCUT2D eigenvalue weighted by Crippen LogP contribution is 2.42. The Morgan fingerprint density at radius 3 is 2.47 bits per heavy atom. The number of nitrogens with zero attached hydrogens (tertiary/aromatic N) is 1. The van der Waals surface area contributed by atoms with E-state index in [0.29, 0.717) is 6.42 Å². The first-order valence-electron chi connectivity index (χ1n) is 6.71. The van der Waals surface area contributed by atoms with Crippen LogP contribution in [-0.4, -0.2) is 29.5 Å². The molecule has 5 heteroatoms. The number of esters is 1. The zero-order valence-electron chi connectivity index (χ0n) is 12.4. The monoisotopic (exact) mass is 269 g/mol. The van der Waals surface area contributed by atoms with Crippen LogP contribution >= 0.6 is 0 Å². The molecule has 0 radical (unpaired) electrons. The average Bonchev–Trinajstić information content (AvgIpc) is 2.82. The van der Waals surface area contributed by atoms with Crippen molar-refractivity contribution >= 4 is 5.97 Å². The maximum atomic E-state index is 11.3. The molecule has 1 unspecified atom stereocenters.